The average Bonchev–Trinajstić information content (AvgIpc) is 2.38. The number of carbonyl (C=O) groups is 2. The Labute approximate surface area is 122 Å². The van der Waals surface area contributed by atoms with E-state index in [4.69, 9.17) is 4.74 Å². The van der Waals surface area contributed by atoms with E-state index in [1.165, 1.54) is 6.92 Å². The molecule has 0 bridgehead atoms. The monoisotopic (exact) mass is 284 g/mol. The summed E-state index contributed by atoms with van der Waals surface area (Å²) in [5, 5.41) is 2.84. The SMILES string of the molecule is COCC1CCN(CC(=O)NC(C(C)=O)C(C)C)CC1. The molecular weight excluding hydrogens is 256 g/mol. The number of nitrogens with zero attached hydrogens (tertiary/aromatic N) is 1. The van der Waals surface area contributed by atoms with Gasteiger partial charge in [-0.05, 0) is 44.7 Å². The molecule has 5 nitrogen and oxygen atoms in total. The third kappa shape index (κ3) is 5.59. The zero-order valence-corrected chi connectivity index (χ0v) is 13.1. The molecule has 1 fully saturated rings. The molecule has 1 aliphatic heterocycles. The number of amides is 1. The lowest BCUT2D eigenvalue weighted by atomic mass is 9.97. The Bertz CT molecular complexity index is 323. The lowest BCUT2D eigenvalue weighted by Gasteiger charge is -2.31. The largest absolute Gasteiger partial charge is 0.384 e. The van der Waals surface area contributed by atoms with Gasteiger partial charge in [0.25, 0.3) is 0 Å². The van der Waals surface area contributed by atoms with Crippen molar-refractivity contribution in [2.75, 3.05) is 33.4 Å². The van der Waals surface area contributed by atoms with E-state index in [0.29, 0.717) is 12.5 Å². The second-order valence-electron chi connectivity index (χ2n) is 6.07. The van der Waals surface area contributed by atoms with Crippen LogP contribution in [0.4, 0.5) is 0 Å². The van der Waals surface area contributed by atoms with Gasteiger partial charge in [0.2, 0.25) is 5.91 Å². The highest BCUT2D eigenvalue weighted by atomic mass is 16.5. The second kappa shape index (κ2) is 8.37. The smallest absolute Gasteiger partial charge is 0.234 e. The summed E-state index contributed by atoms with van der Waals surface area (Å²) in [6.07, 6.45) is 2.14. The Balaban J connectivity index is 2.34. The fraction of sp³-hybridized carbons (Fsp3) is 0.867. The number of hydrogen-bond donors (Lipinski definition) is 1. The van der Waals surface area contributed by atoms with E-state index in [-0.39, 0.29) is 23.7 Å². The summed E-state index contributed by atoms with van der Waals surface area (Å²) in [6, 6.07) is -0.367. The van der Waals surface area contributed by atoms with Crippen LogP contribution in [0.3, 0.4) is 0 Å². The van der Waals surface area contributed by atoms with Crippen molar-refractivity contribution in [1.29, 1.82) is 0 Å². The molecule has 0 saturated carbocycles. The molecule has 0 aliphatic carbocycles. The fourth-order valence-electron chi connectivity index (χ4n) is 2.71. The van der Waals surface area contributed by atoms with Gasteiger partial charge in [-0.2, -0.15) is 0 Å². The van der Waals surface area contributed by atoms with Crippen molar-refractivity contribution in [3.8, 4) is 0 Å². The highest BCUT2D eigenvalue weighted by Gasteiger charge is 2.24. The summed E-state index contributed by atoms with van der Waals surface area (Å²) >= 11 is 0. The van der Waals surface area contributed by atoms with Crippen LogP contribution in [0.25, 0.3) is 0 Å². The maximum Gasteiger partial charge on any atom is 0.234 e. The van der Waals surface area contributed by atoms with Crippen molar-refractivity contribution < 1.29 is 14.3 Å². The van der Waals surface area contributed by atoms with Gasteiger partial charge < -0.3 is 10.1 Å². The molecular formula is C15H28N2O3. The standard InChI is InChI=1S/C15H28N2O3/c1-11(2)15(12(3)18)16-14(19)9-17-7-5-13(6-8-17)10-20-4/h11,13,15H,5-10H2,1-4H3,(H,16,19). The van der Waals surface area contributed by atoms with Crippen LogP contribution in [-0.4, -0.2) is 56.0 Å². The zero-order chi connectivity index (χ0) is 15.1. The van der Waals surface area contributed by atoms with Gasteiger partial charge in [-0.15, -0.1) is 0 Å². The minimum Gasteiger partial charge on any atom is -0.384 e. The van der Waals surface area contributed by atoms with E-state index in [9.17, 15) is 9.59 Å². The van der Waals surface area contributed by atoms with Gasteiger partial charge in [0.1, 0.15) is 0 Å². The Morgan fingerprint density at radius 3 is 2.35 bits per heavy atom. The molecule has 1 N–H and O–H groups in total. The first-order valence-corrected chi connectivity index (χ1v) is 7.45. The predicted molar refractivity (Wildman–Crippen MR) is 78.5 cm³/mol. The van der Waals surface area contributed by atoms with Crippen molar-refractivity contribution in [2.24, 2.45) is 11.8 Å². The van der Waals surface area contributed by atoms with E-state index in [0.717, 1.165) is 32.5 Å². The van der Waals surface area contributed by atoms with Crippen molar-refractivity contribution >= 4 is 11.7 Å². The number of carbonyl (C=O) groups excluding carboxylic acids is 2. The number of piperidine rings is 1. The molecule has 1 atom stereocenters. The third-order valence-electron chi connectivity index (χ3n) is 3.90. The molecule has 1 unspecified atom stereocenters. The number of ketones is 1. The van der Waals surface area contributed by atoms with E-state index >= 15 is 0 Å². The van der Waals surface area contributed by atoms with Gasteiger partial charge >= 0.3 is 0 Å². The third-order valence-corrected chi connectivity index (χ3v) is 3.90. The molecule has 0 aromatic carbocycles. The molecule has 116 valence electrons. The summed E-state index contributed by atoms with van der Waals surface area (Å²) in [5.41, 5.74) is 0. The first-order valence-electron chi connectivity index (χ1n) is 7.45. The van der Waals surface area contributed by atoms with E-state index < -0.39 is 0 Å². The fourth-order valence-corrected chi connectivity index (χ4v) is 2.71. The number of nitrogens with one attached hydrogen (secondary N) is 1. The van der Waals surface area contributed by atoms with Crippen LogP contribution < -0.4 is 5.32 Å². The van der Waals surface area contributed by atoms with E-state index in [2.05, 4.69) is 10.2 Å². The zero-order valence-electron chi connectivity index (χ0n) is 13.1. The van der Waals surface area contributed by atoms with Crippen LogP contribution in [0.5, 0.6) is 0 Å². The second-order valence-corrected chi connectivity index (χ2v) is 6.07. The maximum absolute atomic E-state index is 12.0. The molecule has 5 heteroatoms. The van der Waals surface area contributed by atoms with Crippen LogP contribution in [0.15, 0.2) is 0 Å². The number of likely N-dealkylation sites (tertiary alicyclic amines) is 1. The van der Waals surface area contributed by atoms with E-state index in [1.54, 1.807) is 7.11 Å². The Kier molecular flexibility index (Phi) is 7.16. The van der Waals surface area contributed by atoms with E-state index in [1.807, 2.05) is 13.8 Å². The topological polar surface area (TPSA) is 58.6 Å². The lowest BCUT2D eigenvalue weighted by molar-refractivity contribution is -0.128. The van der Waals surface area contributed by atoms with Gasteiger partial charge in [-0.3, -0.25) is 14.5 Å². The number of methoxy groups -OCH3 is 1. The molecule has 0 aromatic rings. The number of Topliss-reactive ketones (excluding diaryl/α,β-unsaturated/α-hetero) is 1. The summed E-state index contributed by atoms with van der Waals surface area (Å²) in [4.78, 5) is 25.6. The Hall–Kier alpha value is -0.940. The molecule has 0 spiro atoms. The minimum atomic E-state index is -0.367. The number of ether oxygens (including phenoxy) is 1. The normalized spacial score (nSPS) is 19.1. The van der Waals surface area contributed by atoms with Gasteiger partial charge in [-0.1, -0.05) is 13.8 Å². The first-order chi connectivity index (χ1) is 9.43. The van der Waals surface area contributed by atoms with Crippen LogP contribution in [0, 0.1) is 11.8 Å². The maximum atomic E-state index is 12.0. The quantitative estimate of drug-likeness (QED) is 0.760. The van der Waals surface area contributed by atoms with Gasteiger partial charge in [0.05, 0.1) is 12.6 Å². The molecule has 1 rings (SSSR count). The molecule has 20 heavy (non-hydrogen) atoms. The van der Waals surface area contributed by atoms with Gasteiger partial charge in [0.15, 0.2) is 5.78 Å². The Morgan fingerprint density at radius 2 is 1.90 bits per heavy atom. The summed E-state index contributed by atoms with van der Waals surface area (Å²) in [5.74, 6) is 0.708. The molecule has 1 aliphatic rings. The van der Waals surface area contributed by atoms with Gasteiger partial charge in [-0.25, -0.2) is 0 Å². The van der Waals surface area contributed by atoms with Crippen LogP contribution in [-0.2, 0) is 14.3 Å². The minimum absolute atomic E-state index is 0.0205. The molecule has 1 amide bonds. The molecule has 0 radical (unpaired) electrons. The van der Waals surface area contributed by atoms with Crippen molar-refractivity contribution in [2.45, 2.75) is 39.7 Å². The highest BCUT2D eigenvalue weighted by Crippen LogP contribution is 2.16. The highest BCUT2D eigenvalue weighted by molar-refractivity contribution is 5.88. The average molecular weight is 284 g/mol. The first kappa shape index (κ1) is 17.1. The summed E-state index contributed by atoms with van der Waals surface area (Å²) < 4.78 is 5.17. The number of rotatable bonds is 7. The van der Waals surface area contributed by atoms with Crippen molar-refractivity contribution in [3.63, 3.8) is 0 Å². The van der Waals surface area contributed by atoms with Crippen LogP contribution >= 0.6 is 0 Å². The van der Waals surface area contributed by atoms with Crippen molar-refractivity contribution in [3.05, 3.63) is 0 Å². The van der Waals surface area contributed by atoms with Gasteiger partial charge in [0, 0.05) is 13.7 Å². The molecule has 1 saturated heterocycles. The summed E-state index contributed by atoms with van der Waals surface area (Å²) in [6.45, 7) is 8.46. The van der Waals surface area contributed by atoms with Crippen LogP contribution in [0.2, 0.25) is 0 Å². The molecule has 1 heterocycles. The Morgan fingerprint density at radius 1 is 1.30 bits per heavy atom. The number of hydrogen-bond acceptors (Lipinski definition) is 4. The van der Waals surface area contributed by atoms with Crippen molar-refractivity contribution in [1.82, 2.24) is 10.2 Å². The summed E-state index contributed by atoms with van der Waals surface area (Å²) in [7, 11) is 1.73. The lowest BCUT2D eigenvalue weighted by Crippen LogP contribution is -2.48. The van der Waals surface area contributed by atoms with Crippen LogP contribution in [0.1, 0.15) is 33.6 Å². The predicted octanol–water partition coefficient (Wildman–Crippen LogP) is 1.07. The molecule has 0 aromatic heterocycles.